The maximum atomic E-state index is 4.00. The number of hydrogen-bond donors (Lipinski definition) is 0. The fraction of sp³-hybridized carbons (Fsp3) is 0.333. The van der Waals surface area contributed by atoms with Gasteiger partial charge in [0.05, 0.1) is 0 Å². The smallest absolute Gasteiger partial charge is 0.0296 e. The molecule has 0 aliphatic heterocycles. The van der Waals surface area contributed by atoms with Gasteiger partial charge in [-0.05, 0) is 23.4 Å². The van der Waals surface area contributed by atoms with Crippen LogP contribution >= 0.6 is 11.3 Å². The molecular formula is C9H12S. The monoisotopic (exact) mass is 152 g/mol. The SMILES string of the molecule is C=C(CCC)c1cccs1. The predicted octanol–water partition coefficient (Wildman–Crippen LogP) is 3.56. The normalized spacial score (nSPS) is 9.70. The molecule has 0 saturated heterocycles. The number of hydrogen-bond acceptors (Lipinski definition) is 1. The molecule has 0 aromatic carbocycles. The molecule has 0 fully saturated rings. The molecule has 0 amide bonds. The maximum Gasteiger partial charge on any atom is 0.0296 e. The minimum atomic E-state index is 1.13. The molecule has 0 nitrogen and oxygen atoms in total. The predicted molar refractivity (Wildman–Crippen MR) is 48.3 cm³/mol. The van der Waals surface area contributed by atoms with Gasteiger partial charge in [-0.1, -0.05) is 26.0 Å². The van der Waals surface area contributed by atoms with Gasteiger partial charge in [0.25, 0.3) is 0 Å². The van der Waals surface area contributed by atoms with Crippen LogP contribution in [0.5, 0.6) is 0 Å². The van der Waals surface area contributed by atoms with Crippen LogP contribution in [0.4, 0.5) is 0 Å². The zero-order chi connectivity index (χ0) is 7.40. The minimum Gasteiger partial charge on any atom is -0.144 e. The third kappa shape index (κ3) is 1.71. The second-order valence-electron chi connectivity index (χ2n) is 2.33. The lowest BCUT2D eigenvalue weighted by molar-refractivity contribution is 0.978. The topological polar surface area (TPSA) is 0 Å². The summed E-state index contributed by atoms with van der Waals surface area (Å²) in [7, 11) is 0. The van der Waals surface area contributed by atoms with Crippen LogP contribution in [-0.4, -0.2) is 0 Å². The van der Waals surface area contributed by atoms with Crippen molar-refractivity contribution in [2.24, 2.45) is 0 Å². The van der Waals surface area contributed by atoms with Crippen LogP contribution in [-0.2, 0) is 0 Å². The van der Waals surface area contributed by atoms with E-state index < -0.39 is 0 Å². The molecule has 0 atom stereocenters. The minimum absolute atomic E-state index is 1.13. The van der Waals surface area contributed by atoms with Gasteiger partial charge in [0.1, 0.15) is 0 Å². The number of thiophene rings is 1. The second-order valence-corrected chi connectivity index (χ2v) is 3.28. The maximum absolute atomic E-state index is 4.00. The second kappa shape index (κ2) is 3.57. The summed E-state index contributed by atoms with van der Waals surface area (Å²) >= 11 is 1.77. The summed E-state index contributed by atoms with van der Waals surface area (Å²) < 4.78 is 0. The van der Waals surface area contributed by atoms with Crippen molar-refractivity contribution >= 4 is 16.9 Å². The Kier molecular flexibility index (Phi) is 2.69. The van der Waals surface area contributed by atoms with Gasteiger partial charge in [0.2, 0.25) is 0 Å². The average Bonchev–Trinajstić information content (AvgIpc) is 2.38. The molecule has 0 aliphatic carbocycles. The Balaban J connectivity index is 2.59. The molecule has 0 saturated carbocycles. The average molecular weight is 152 g/mol. The van der Waals surface area contributed by atoms with Crippen molar-refractivity contribution in [2.75, 3.05) is 0 Å². The van der Waals surface area contributed by atoms with Crippen molar-refractivity contribution in [2.45, 2.75) is 19.8 Å². The standard InChI is InChI=1S/C9H12S/c1-3-5-8(2)9-6-4-7-10-9/h4,6-7H,2-3,5H2,1H3. The first-order valence-electron chi connectivity index (χ1n) is 3.56. The molecular weight excluding hydrogens is 140 g/mol. The highest BCUT2D eigenvalue weighted by Gasteiger charge is 1.96. The van der Waals surface area contributed by atoms with Gasteiger partial charge in [-0.25, -0.2) is 0 Å². The summed E-state index contributed by atoms with van der Waals surface area (Å²) in [6.07, 6.45) is 2.32. The lowest BCUT2D eigenvalue weighted by atomic mass is 10.1. The quantitative estimate of drug-likeness (QED) is 0.621. The van der Waals surface area contributed by atoms with E-state index in [0.717, 1.165) is 6.42 Å². The Labute approximate surface area is 66.2 Å². The van der Waals surface area contributed by atoms with Crippen molar-refractivity contribution in [3.8, 4) is 0 Å². The highest BCUT2D eigenvalue weighted by atomic mass is 32.1. The van der Waals surface area contributed by atoms with Gasteiger partial charge in [0.15, 0.2) is 0 Å². The molecule has 0 aliphatic rings. The third-order valence-corrected chi connectivity index (χ3v) is 2.39. The van der Waals surface area contributed by atoms with E-state index in [2.05, 4.69) is 31.0 Å². The van der Waals surface area contributed by atoms with E-state index in [4.69, 9.17) is 0 Å². The summed E-state index contributed by atoms with van der Waals surface area (Å²) in [5, 5.41) is 2.09. The Bertz CT molecular complexity index is 197. The van der Waals surface area contributed by atoms with Gasteiger partial charge in [-0.15, -0.1) is 11.3 Å². The Morgan fingerprint density at radius 1 is 1.70 bits per heavy atom. The summed E-state index contributed by atoms with van der Waals surface area (Å²) in [5.41, 5.74) is 1.28. The molecule has 1 heterocycles. The van der Waals surface area contributed by atoms with E-state index in [0.29, 0.717) is 0 Å². The molecule has 0 spiro atoms. The van der Waals surface area contributed by atoms with Crippen LogP contribution < -0.4 is 0 Å². The first-order chi connectivity index (χ1) is 4.84. The molecule has 10 heavy (non-hydrogen) atoms. The van der Waals surface area contributed by atoms with Crippen molar-refractivity contribution in [1.82, 2.24) is 0 Å². The van der Waals surface area contributed by atoms with Crippen LogP contribution in [0, 0.1) is 0 Å². The fourth-order valence-corrected chi connectivity index (χ4v) is 1.63. The zero-order valence-corrected chi connectivity index (χ0v) is 7.08. The third-order valence-electron chi connectivity index (χ3n) is 1.42. The van der Waals surface area contributed by atoms with Crippen molar-refractivity contribution in [3.63, 3.8) is 0 Å². The van der Waals surface area contributed by atoms with Crippen molar-refractivity contribution in [3.05, 3.63) is 29.0 Å². The van der Waals surface area contributed by atoms with Gasteiger partial charge in [-0.2, -0.15) is 0 Å². The molecule has 54 valence electrons. The van der Waals surface area contributed by atoms with Gasteiger partial charge in [-0.3, -0.25) is 0 Å². The molecule has 1 aromatic heterocycles. The molecule has 0 N–H and O–H groups in total. The molecule has 0 bridgehead atoms. The van der Waals surface area contributed by atoms with E-state index in [1.807, 2.05) is 0 Å². The van der Waals surface area contributed by atoms with Gasteiger partial charge >= 0.3 is 0 Å². The van der Waals surface area contributed by atoms with Crippen LogP contribution in [0.1, 0.15) is 24.6 Å². The summed E-state index contributed by atoms with van der Waals surface area (Å²) in [5.74, 6) is 0. The van der Waals surface area contributed by atoms with Crippen LogP contribution in [0.3, 0.4) is 0 Å². The fourth-order valence-electron chi connectivity index (χ4n) is 0.905. The van der Waals surface area contributed by atoms with Gasteiger partial charge in [0, 0.05) is 4.88 Å². The highest BCUT2D eigenvalue weighted by Crippen LogP contribution is 2.21. The van der Waals surface area contributed by atoms with E-state index in [1.54, 1.807) is 11.3 Å². The number of rotatable bonds is 3. The lowest BCUT2D eigenvalue weighted by Gasteiger charge is -1.97. The van der Waals surface area contributed by atoms with Crippen LogP contribution in [0.15, 0.2) is 24.1 Å². The van der Waals surface area contributed by atoms with E-state index in [1.165, 1.54) is 16.9 Å². The van der Waals surface area contributed by atoms with Crippen molar-refractivity contribution < 1.29 is 0 Å². The number of allylic oxidation sites excluding steroid dienone is 1. The van der Waals surface area contributed by atoms with E-state index >= 15 is 0 Å². The first kappa shape index (κ1) is 7.55. The van der Waals surface area contributed by atoms with E-state index in [-0.39, 0.29) is 0 Å². The van der Waals surface area contributed by atoms with Crippen LogP contribution in [0.2, 0.25) is 0 Å². The first-order valence-corrected chi connectivity index (χ1v) is 4.44. The Hall–Kier alpha value is -0.560. The van der Waals surface area contributed by atoms with Crippen molar-refractivity contribution in [1.29, 1.82) is 0 Å². The zero-order valence-electron chi connectivity index (χ0n) is 6.26. The molecule has 0 unspecified atom stereocenters. The van der Waals surface area contributed by atoms with Gasteiger partial charge < -0.3 is 0 Å². The Morgan fingerprint density at radius 2 is 2.50 bits per heavy atom. The highest BCUT2D eigenvalue weighted by molar-refractivity contribution is 7.11. The molecule has 0 radical (unpaired) electrons. The largest absolute Gasteiger partial charge is 0.144 e. The summed E-state index contributed by atoms with van der Waals surface area (Å²) in [6.45, 7) is 6.18. The van der Waals surface area contributed by atoms with Crippen LogP contribution in [0.25, 0.3) is 5.57 Å². The molecule has 1 rings (SSSR count). The van der Waals surface area contributed by atoms with E-state index in [9.17, 15) is 0 Å². The summed E-state index contributed by atoms with van der Waals surface area (Å²) in [6, 6.07) is 4.20. The summed E-state index contributed by atoms with van der Waals surface area (Å²) in [4.78, 5) is 1.34. The molecule has 1 heteroatoms. The molecule has 1 aromatic rings. The Morgan fingerprint density at radius 3 is 3.00 bits per heavy atom. The lowest BCUT2D eigenvalue weighted by Crippen LogP contribution is -1.74.